The zero-order valence-corrected chi connectivity index (χ0v) is 12.9. The maximum atomic E-state index is 12.3. The Balaban J connectivity index is 1.99. The second-order valence-corrected chi connectivity index (χ2v) is 5.66. The lowest BCUT2D eigenvalue weighted by atomic mass is 9.92. The number of carbonyl (C=O) groups excluding carboxylic acids is 1. The van der Waals surface area contributed by atoms with Crippen molar-refractivity contribution in [3.63, 3.8) is 0 Å². The third kappa shape index (κ3) is 2.75. The van der Waals surface area contributed by atoms with Gasteiger partial charge in [0, 0.05) is 20.3 Å². The molecule has 3 rings (SSSR count). The Morgan fingerprint density at radius 1 is 0.909 bits per heavy atom. The second kappa shape index (κ2) is 6.06. The minimum atomic E-state index is 0.0283. The first-order valence-electron chi connectivity index (χ1n) is 7.47. The fourth-order valence-electron chi connectivity index (χ4n) is 2.92. The Bertz CT molecular complexity index is 679. The first-order valence-corrected chi connectivity index (χ1v) is 7.47. The zero-order valence-electron chi connectivity index (χ0n) is 12.9. The number of hydrogen-bond donors (Lipinski definition) is 0. The molecule has 1 aliphatic heterocycles. The molecule has 112 valence electrons. The average molecular weight is 292 g/mol. The lowest BCUT2D eigenvalue weighted by Crippen LogP contribution is -2.48. The van der Waals surface area contributed by atoms with Gasteiger partial charge in [0.15, 0.2) is 0 Å². The lowest BCUT2D eigenvalue weighted by molar-refractivity contribution is 0.173. The molecular formula is C19H20N2O. The summed E-state index contributed by atoms with van der Waals surface area (Å²) in [6.07, 6.45) is 2.78. The summed E-state index contributed by atoms with van der Waals surface area (Å²) in [5, 5.41) is 0. The van der Waals surface area contributed by atoms with Gasteiger partial charge in [0.25, 0.3) is 0 Å². The van der Waals surface area contributed by atoms with E-state index in [0.717, 1.165) is 12.0 Å². The summed E-state index contributed by atoms with van der Waals surface area (Å²) in [5.41, 5.74) is 3.57. The molecule has 3 nitrogen and oxygen atoms in total. The van der Waals surface area contributed by atoms with Gasteiger partial charge in [-0.3, -0.25) is 0 Å². The molecular weight excluding hydrogens is 272 g/mol. The van der Waals surface area contributed by atoms with Crippen LogP contribution in [-0.4, -0.2) is 36.0 Å². The van der Waals surface area contributed by atoms with Crippen LogP contribution in [0.15, 0.2) is 66.9 Å². The van der Waals surface area contributed by atoms with Gasteiger partial charge in [0.05, 0.1) is 6.04 Å². The van der Waals surface area contributed by atoms with E-state index in [1.165, 1.54) is 11.1 Å². The topological polar surface area (TPSA) is 23.6 Å². The van der Waals surface area contributed by atoms with E-state index in [1.54, 1.807) is 11.9 Å². The van der Waals surface area contributed by atoms with Crippen molar-refractivity contribution in [1.29, 1.82) is 0 Å². The number of amides is 2. The smallest absolute Gasteiger partial charge is 0.320 e. The molecule has 0 aromatic heterocycles. The Labute approximate surface area is 131 Å². The average Bonchev–Trinajstić information content (AvgIpc) is 2.57. The third-order valence-electron chi connectivity index (χ3n) is 4.14. The molecule has 0 N–H and O–H groups in total. The maximum Gasteiger partial charge on any atom is 0.324 e. The fraction of sp³-hybridized carbons (Fsp3) is 0.211. The summed E-state index contributed by atoms with van der Waals surface area (Å²) >= 11 is 0. The van der Waals surface area contributed by atoms with E-state index in [9.17, 15) is 4.79 Å². The van der Waals surface area contributed by atoms with Crippen LogP contribution in [0.3, 0.4) is 0 Å². The number of benzene rings is 2. The van der Waals surface area contributed by atoms with Gasteiger partial charge < -0.3 is 9.80 Å². The van der Waals surface area contributed by atoms with E-state index >= 15 is 0 Å². The largest absolute Gasteiger partial charge is 0.324 e. The summed E-state index contributed by atoms with van der Waals surface area (Å²) in [6, 6.07) is 20.7. The molecule has 0 fully saturated rings. The molecule has 1 heterocycles. The minimum Gasteiger partial charge on any atom is -0.320 e. The van der Waals surface area contributed by atoms with Crippen molar-refractivity contribution in [2.45, 2.75) is 12.5 Å². The molecule has 3 heteroatoms. The zero-order chi connectivity index (χ0) is 15.5. The second-order valence-electron chi connectivity index (χ2n) is 5.66. The van der Waals surface area contributed by atoms with Gasteiger partial charge in [-0.1, -0.05) is 60.7 Å². The molecule has 2 aromatic rings. The summed E-state index contributed by atoms with van der Waals surface area (Å²) in [5.74, 6) is 0. The highest BCUT2D eigenvalue weighted by Gasteiger charge is 2.31. The Hall–Kier alpha value is -2.55. The van der Waals surface area contributed by atoms with E-state index < -0.39 is 0 Å². The molecule has 2 amide bonds. The minimum absolute atomic E-state index is 0.0283. The molecule has 0 radical (unpaired) electrons. The van der Waals surface area contributed by atoms with Gasteiger partial charge in [-0.05, 0) is 23.1 Å². The van der Waals surface area contributed by atoms with Gasteiger partial charge in [-0.2, -0.15) is 0 Å². The van der Waals surface area contributed by atoms with Crippen LogP contribution in [0.4, 0.5) is 4.79 Å². The molecule has 0 saturated carbocycles. The van der Waals surface area contributed by atoms with Crippen LogP contribution in [0.25, 0.3) is 5.57 Å². The summed E-state index contributed by atoms with van der Waals surface area (Å²) in [7, 11) is 3.68. The maximum absolute atomic E-state index is 12.3. The Morgan fingerprint density at radius 3 is 2.14 bits per heavy atom. The molecule has 1 aliphatic rings. The van der Waals surface area contributed by atoms with Crippen LogP contribution in [-0.2, 0) is 6.42 Å². The Morgan fingerprint density at radius 2 is 1.50 bits per heavy atom. The predicted octanol–water partition coefficient (Wildman–Crippen LogP) is 3.64. The highest BCUT2D eigenvalue weighted by atomic mass is 16.2. The van der Waals surface area contributed by atoms with Gasteiger partial charge in [-0.15, -0.1) is 0 Å². The van der Waals surface area contributed by atoms with Crippen LogP contribution in [0.5, 0.6) is 0 Å². The molecule has 0 aliphatic carbocycles. The molecule has 1 atom stereocenters. The van der Waals surface area contributed by atoms with Crippen molar-refractivity contribution in [3.8, 4) is 0 Å². The normalized spacial score (nSPS) is 18.4. The number of urea groups is 1. The summed E-state index contributed by atoms with van der Waals surface area (Å²) < 4.78 is 0. The van der Waals surface area contributed by atoms with Crippen LogP contribution in [0.2, 0.25) is 0 Å². The number of hydrogen-bond acceptors (Lipinski definition) is 1. The molecule has 0 bridgehead atoms. The van der Waals surface area contributed by atoms with Gasteiger partial charge in [-0.25, -0.2) is 4.79 Å². The van der Waals surface area contributed by atoms with Crippen molar-refractivity contribution >= 4 is 11.6 Å². The molecule has 0 spiro atoms. The summed E-state index contributed by atoms with van der Waals surface area (Å²) in [4.78, 5) is 15.8. The highest BCUT2D eigenvalue weighted by Crippen LogP contribution is 2.29. The van der Waals surface area contributed by atoms with E-state index in [4.69, 9.17) is 0 Å². The SMILES string of the molecule is CN1C=C(c2ccccc2)C(Cc2ccccc2)N(C)C1=O. The van der Waals surface area contributed by atoms with E-state index in [-0.39, 0.29) is 12.1 Å². The number of likely N-dealkylation sites (N-methyl/N-ethyl adjacent to an activating group) is 1. The van der Waals surface area contributed by atoms with E-state index in [1.807, 2.05) is 54.5 Å². The van der Waals surface area contributed by atoms with Crippen molar-refractivity contribution < 1.29 is 4.79 Å². The highest BCUT2D eigenvalue weighted by molar-refractivity contribution is 5.85. The number of carbonyl (C=O) groups is 1. The van der Waals surface area contributed by atoms with Crippen molar-refractivity contribution in [2.75, 3.05) is 14.1 Å². The third-order valence-corrected chi connectivity index (χ3v) is 4.14. The van der Waals surface area contributed by atoms with E-state index in [0.29, 0.717) is 0 Å². The first kappa shape index (κ1) is 14.4. The lowest BCUT2D eigenvalue weighted by Gasteiger charge is -2.37. The first-order chi connectivity index (χ1) is 10.7. The molecule has 2 aromatic carbocycles. The van der Waals surface area contributed by atoms with Gasteiger partial charge >= 0.3 is 6.03 Å². The summed E-state index contributed by atoms with van der Waals surface area (Å²) in [6.45, 7) is 0. The van der Waals surface area contributed by atoms with Crippen LogP contribution < -0.4 is 0 Å². The monoisotopic (exact) mass is 292 g/mol. The standard InChI is InChI=1S/C19H20N2O/c1-20-14-17(16-11-7-4-8-12-16)18(21(2)19(20)22)13-15-9-5-3-6-10-15/h3-12,14,18H,13H2,1-2H3. The number of rotatable bonds is 3. The van der Waals surface area contributed by atoms with Gasteiger partial charge in [0.2, 0.25) is 0 Å². The van der Waals surface area contributed by atoms with Crippen LogP contribution >= 0.6 is 0 Å². The fourth-order valence-corrected chi connectivity index (χ4v) is 2.92. The van der Waals surface area contributed by atoms with Crippen molar-refractivity contribution in [3.05, 3.63) is 78.0 Å². The van der Waals surface area contributed by atoms with Crippen molar-refractivity contribution in [1.82, 2.24) is 9.80 Å². The molecule has 0 saturated heterocycles. The number of nitrogens with zero attached hydrogens (tertiary/aromatic N) is 2. The molecule has 1 unspecified atom stereocenters. The van der Waals surface area contributed by atoms with Crippen LogP contribution in [0.1, 0.15) is 11.1 Å². The Kier molecular flexibility index (Phi) is 3.96. The van der Waals surface area contributed by atoms with Crippen molar-refractivity contribution in [2.24, 2.45) is 0 Å². The van der Waals surface area contributed by atoms with Gasteiger partial charge in [0.1, 0.15) is 0 Å². The van der Waals surface area contributed by atoms with Crippen LogP contribution in [0, 0.1) is 0 Å². The van der Waals surface area contributed by atoms with E-state index in [2.05, 4.69) is 24.3 Å². The predicted molar refractivity (Wildman–Crippen MR) is 89.3 cm³/mol. The quantitative estimate of drug-likeness (QED) is 0.847. The molecule has 22 heavy (non-hydrogen) atoms.